The Kier molecular flexibility index (Phi) is 5.56. The molecule has 26 heavy (non-hydrogen) atoms. The highest BCUT2D eigenvalue weighted by Gasteiger charge is 2.24. The minimum Gasteiger partial charge on any atom is -0.508 e. The van der Waals surface area contributed by atoms with E-state index in [0.717, 1.165) is 19.3 Å². The van der Waals surface area contributed by atoms with Crippen molar-refractivity contribution in [1.82, 2.24) is 10.2 Å². The zero-order valence-electron chi connectivity index (χ0n) is 14.9. The van der Waals surface area contributed by atoms with Crippen LogP contribution in [0.4, 0.5) is 4.79 Å². The second-order valence-corrected chi connectivity index (χ2v) is 6.93. The Bertz CT molecular complexity index is 778. The van der Waals surface area contributed by atoms with E-state index in [2.05, 4.69) is 36.5 Å². The summed E-state index contributed by atoms with van der Waals surface area (Å²) < 4.78 is 0. The number of aryl methyl sites for hydroxylation is 1. The summed E-state index contributed by atoms with van der Waals surface area (Å²) in [7, 11) is 0. The normalized spacial score (nSPS) is 14.9. The van der Waals surface area contributed by atoms with Crippen LogP contribution in [0.3, 0.4) is 0 Å². The first-order chi connectivity index (χ1) is 12.5. The SMILES string of the molecule is Cc1cccc(CC2CCN(C(=O)NC(=O)c3ccc(O)cc3)CC2)c1. The summed E-state index contributed by atoms with van der Waals surface area (Å²) in [4.78, 5) is 26.1. The monoisotopic (exact) mass is 352 g/mol. The lowest BCUT2D eigenvalue weighted by Gasteiger charge is -2.32. The molecule has 2 N–H and O–H groups in total. The third kappa shape index (κ3) is 4.63. The molecule has 3 amide bonds. The number of amides is 3. The highest BCUT2D eigenvalue weighted by atomic mass is 16.3. The fourth-order valence-corrected chi connectivity index (χ4v) is 3.37. The van der Waals surface area contributed by atoms with E-state index < -0.39 is 5.91 Å². The van der Waals surface area contributed by atoms with E-state index in [1.807, 2.05) is 0 Å². The maximum Gasteiger partial charge on any atom is 0.324 e. The van der Waals surface area contributed by atoms with E-state index in [0.29, 0.717) is 24.6 Å². The number of likely N-dealkylation sites (tertiary alicyclic amines) is 1. The molecular weight excluding hydrogens is 328 g/mol. The highest BCUT2D eigenvalue weighted by molar-refractivity contribution is 6.04. The van der Waals surface area contributed by atoms with Gasteiger partial charge in [0.1, 0.15) is 5.75 Å². The van der Waals surface area contributed by atoms with Gasteiger partial charge in [0, 0.05) is 18.7 Å². The average Bonchev–Trinajstić information content (AvgIpc) is 2.63. The Labute approximate surface area is 153 Å². The van der Waals surface area contributed by atoms with Gasteiger partial charge in [-0.1, -0.05) is 29.8 Å². The van der Waals surface area contributed by atoms with Crippen LogP contribution in [-0.4, -0.2) is 35.0 Å². The van der Waals surface area contributed by atoms with Crippen molar-refractivity contribution < 1.29 is 14.7 Å². The molecule has 2 aromatic carbocycles. The Morgan fingerprint density at radius 1 is 1.12 bits per heavy atom. The Hall–Kier alpha value is -2.82. The molecule has 1 aliphatic rings. The molecule has 0 atom stereocenters. The molecule has 0 aromatic heterocycles. The summed E-state index contributed by atoms with van der Waals surface area (Å²) in [5.74, 6) is 0.203. The molecule has 1 heterocycles. The number of rotatable bonds is 3. The van der Waals surface area contributed by atoms with E-state index in [4.69, 9.17) is 0 Å². The van der Waals surface area contributed by atoms with Gasteiger partial charge in [-0.25, -0.2) is 4.79 Å². The van der Waals surface area contributed by atoms with Crippen molar-refractivity contribution in [3.63, 3.8) is 0 Å². The third-order valence-electron chi connectivity index (χ3n) is 4.86. The van der Waals surface area contributed by atoms with Crippen molar-refractivity contribution >= 4 is 11.9 Å². The van der Waals surface area contributed by atoms with E-state index >= 15 is 0 Å². The smallest absolute Gasteiger partial charge is 0.324 e. The lowest BCUT2D eigenvalue weighted by Crippen LogP contribution is -2.46. The molecule has 3 rings (SSSR count). The van der Waals surface area contributed by atoms with Gasteiger partial charge in [0.05, 0.1) is 0 Å². The molecule has 5 nitrogen and oxygen atoms in total. The number of nitrogens with one attached hydrogen (secondary N) is 1. The summed E-state index contributed by atoms with van der Waals surface area (Å²) >= 11 is 0. The van der Waals surface area contributed by atoms with Crippen LogP contribution >= 0.6 is 0 Å². The van der Waals surface area contributed by atoms with Gasteiger partial charge in [-0.15, -0.1) is 0 Å². The molecule has 0 aliphatic carbocycles. The lowest BCUT2D eigenvalue weighted by atomic mass is 9.90. The first-order valence-corrected chi connectivity index (χ1v) is 8.96. The number of carbonyl (C=O) groups is 2. The van der Waals surface area contributed by atoms with Crippen molar-refractivity contribution in [2.24, 2.45) is 5.92 Å². The quantitative estimate of drug-likeness (QED) is 0.888. The topological polar surface area (TPSA) is 69.6 Å². The van der Waals surface area contributed by atoms with Crippen molar-refractivity contribution in [2.45, 2.75) is 26.2 Å². The molecule has 0 unspecified atom stereocenters. The predicted molar refractivity (Wildman–Crippen MR) is 100 cm³/mol. The molecule has 1 saturated heterocycles. The van der Waals surface area contributed by atoms with Crippen molar-refractivity contribution in [3.05, 3.63) is 65.2 Å². The van der Waals surface area contributed by atoms with Gasteiger partial charge < -0.3 is 10.0 Å². The number of phenolic OH excluding ortho intramolecular Hbond substituents is 1. The second kappa shape index (κ2) is 8.04. The first-order valence-electron chi connectivity index (χ1n) is 8.96. The standard InChI is InChI=1S/C21H24N2O3/c1-15-3-2-4-17(13-15)14-16-9-11-23(12-10-16)21(26)22-20(25)18-5-7-19(24)8-6-18/h2-8,13,16,24H,9-12,14H2,1H3,(H,22,25,26). The zero-order chi connectivity index (χ0) is 18.5. The molecule has 0 bridgehead atoms. The molecular formula is C21H24N2O3. The zero-order valence-corrected chi connectivity index (χ0v) is 14.9. The summed E-state index contributed by atoms with van der Waals surface area (Å²) in [5, 5.41) is 11.7. The van der Waals surface area contributed by atoms with Crippen LogP contribution < -0.4 is 5.32 Å². The van der Waals surface area contributed by atoms with Gasteiger partial charge in [0.15, 0.2) is 0 Å². The summed E-state index contributed by atoms with van der Waals surface area (Å²) in [6.07, 6.45) is 2.91. The van der Waals surface area contributed by atoms with Crippen molar-refractivity contribution in [2.75, 3.05) is 13.1 Å². The Balaban J connectivity index is 1.48. The third-order valence-corrected chi connectivity index (χ3v) is 4.86. The van der Waals surface area contributed by atoms with Gasteiger partial charge in [-0.2, -0.15) is 0 Å². The maximum absolute atomic E-state index is 12.3. The number of benzene rings is 2. The number of piperidine rings is 1. The largest absolute Gasteiger partial charge is 0.508 e. The van der Waals surface area contributed by atoms with Crippen LogP contribution in [0.1, 0.15) is 34.3 Å². The number of aromatic hydroxyl groups is 1. The van der Waals surface area contributed by atoms with Gasteiger partial charge in [0.25, 0.3) is 5.91 Å². The van der Waals surface area contributed by atoms with Crippen LogP contribution in [0.5, 0.6) is 5.75 Å². The highest BCUT2D eigenvalue weighted by Crippen LogP contribution is 2.22. The number of hydrogen-bond donors (Lipinski definition) is 2. The Morgan fingerprint density at radius 3 is 2.46 bits per heavy atom. The van der Waals surface area contributed by atoms with E-state index in [9.17, 15) is 14.7 Å². The van der Waals surface area contributed by atoms with Crippen LogP contribution in [0.15, 0.2) is 48.5 Å². The number of hydrogen-bond acceptors (Lipinski definition) is 3. The van der Waals surface area contributed by atoms with Crippen LogP contribution in [0.25, 0.3) is 0 Å². The molecule has 0 radical (unpaired) electrons. The first kappa shape index (κ1) is 18.0. The van der Waals surface area contributed by atoms with Gasteiger partial charge in [-0.05, 0) is 61.9 Å². The molecule has 1 aliphatic heterocycles. The maximum atomic E-state index is 12.3. The fourth-order valence-electron chi connectivity index (χ4n) is 3.37. The predicted octanol–water partition coefficient (Wildman–Crippen LogP) is 3.51. The Morgan fingerprint density at radius 2 is 1.81 bits per heavy atom. The molecule has 136 valence electrons. The fraction of sp³-hybridized carbons (Fsp3) is 0.333. The van der Waals surface area contributed by atoms with Crippen molar-refractivity contribution in [3.8, 4) is 5.75 Å². The minimum atomic E-state index is -0.447. The summed E-state index contributed by atoms with van der Waals surface area (Å²) in [5.41, 5.74) is 2.97. The van der Waals surface area contributed by atoms with Crippen LogP contribution in [0, 0.1) is 12.8 Å². The van der Waals surface area contributed by atoms with E-state index in [-0.39, 0.29) is 11.8 Å². The molecule has 5 heteroatoms. The van der Waals surface area contributed by atoms with Gasteiger partial charge in [-0.3, -0.25) is 10.1 Å². The number of urea groups is 1. The van der Waals surface area contributed by atoms with E-state index in [1.165, 1.54) is 35.4 Å². The average molecular weight is 352 g/mol. The second-order valence-electron chi connectivity index (χ2n) is 6.93. The number of phenols is 1. The van der Waals surface area contributed by atoms with Crippen LogP contribution in [-0.2, 0) is 6.42 Å². The molecule has 2 aromatic rings. The molecule has 1 fully saturated rings. The van der Waals surface area contributed by atoms with Gasteiger partial charge >= 0.3 is 6.03 Å². The lowest BCUT2D eigenvalue weighted by molar-refractivity contribution is 0.0945. The molecule has 0 saturated carbocycles. The van der Waals surface area contributed by atoms with Crippen LogP contribution in [0.2, 0.25) is 0 Å². The minimum absolute atomic E-state index is 0.0866. The number of nitrogens with zero attached hydrogens (tertiary/aromatic N) is 1. The number of carbonyl (C=O) groups excluding carboxylic acids is 2. The van der Waals surface area contributed by atoms with Crippen molar-refractivity contribution in [1.29, 1.82) is 0 Å². The summed E-state index contributed by atoms with van der Waals surface area (Å²) in [6.45, 7) is 3.41. The molecule has 0 spiro atoms. The number of imide groups is 1. The van der Waals surface area contributed by atoms with E-state index in [1.54, 1.807) is 4.90 Å². The summed E-state index contributed by atoms with van der Waals surface area (Å²) in [6, 6.07) is 14.0. The van der Waals surface area contributed by atoms with Gasteiger partial charge in [0.2, 0.25) is 0 Å².